The summed E-state index contributed by atoms with van der Waals surface area (Å²) in [5.41, 5.74) is 8.91. The Kier molecular flexibility index (Phi) is 3.62. The first-order valence-electron chi connectivity index (χ1n) is 7.17. The molecule has 0 fully saturated rings. The Hall–Kier alpha value is -3.08. The summed E-state index contributed by atoms with van der Waals surface area (Å²) in [5, 5.41) is 9.83. The molecule has 116 valence electrons. The van der Waals surface area contributed by atoms with E-state index in [0.29, 0.717) is 23.0 Å². The van der Waals surface area contributed by atoms with Crippen molar-refractivity contribution in [1.82, 2.24) is 4.57 Å². The van der Waals surface area contributed by atoms with Gasteiger partial charge in [-0.1, -0.05) is 35.9 Å². The number of carboxylic acids is 1. The Morgan fingerprint density at radius 3 is 2.43 bits per heavy atom. The minimum Gasteiger partial charge on any atom is -0.478 e. The zero-order valence-corrected chi connectivity index (χ0v) is 12.6. The van der Waals surface area contributed by atoms with Gasteiger partial charge in [-0.2, -0.15) is 0 Å². The lowest BCUT2D eigenvalue weighted by molar-refractivity contribution is 0.0697. The number of hydrogen-bond acceptors (Lipinski definition) is 2. The molecule has 3 aromatic rings. The number of aromatic carboxylic acids is 1. The van der Waals surface area contributed by atoms with Crippen molar-refractivity contribution < 1.29 is 14.7 Å². The van der Waals surface area contributed by atoms with Gasteiger partial charge in [0.25, 0.3) is 5.91 Å². The molecule has 0 aliphatic rings. The highest BCUT2D eigenvalue weighted by molar-refractivity contribution is 6.07. The Balaban J connectivity index is 2.14. The second-order valence-electron chi connectivity index (χ2n) is 5.56. The molecule has 5 nitrogen and oxygen atoms in total. The molecule has 0 unspecified atom stereocenters. The van der Waals surface area contributed by atoms with Crippen molar-refractivity contribution in [3.05, 3.63) is 70.9 Å². The van der Waals surface area contributed by atoms with Crippen molar-refractivity contribution >= 4 is 22.8 Å². The average molecular weight is 308 g/mol. The van der Waals surface area contributed by atoms with E-state index in [9.17, 15) is 14.7 Å². The fourth-order valence-electron chi connectivity index (χ4n) is 2.64. The molecule has 23 heavy (non-hydrogen) atoms. The fourth-order valence-corrected chi connectivity index (χ4v) is 2.64. The Bertz CT molecular complexity index is 908. The topological polar surface area (TPSA) is 85.3 Å². The van der Waals surface area contributed by atoms with Gasteiger partial charge in [-0.3, -0.25) is 4.79 Å². The van der Waals surface area contributed by atoms with Crippen molar-refractivity contribution in [1.29, 1.82) is 0 Å². The molecular formula is C18H16N2O3. The average Bonchev–Trinajstić information content (AvgIpc) is 2.88. The molecule has 1 heterocycles. The number of carbonyl (C=O) groups is 2. The molecule has 5 heteroatoms. The van der Waals surface area contributed by atoms with Crippen LogP contribution in [0.2, 0.25) is 0 Å². The van der Waals surface area contributed by atoms with Gasteiger partial charge in [-0.05, 0) is 24.6 Å². The van der Waals surface area contributed by atoms with E-state index in [2.05, 4.69) is 0 Å². The molecule has 1 amide bonds. The van der Waals surface area contributed by atoms with Crippen LogP contribution in [-0.2, 0) is 6.54 Å². The van der Waals surface area contributed by atoms with Gasteiger partial charge < -0.3 is 15.4 Å². The van der Waals surface area contributed by atoms with E-state index in [-0.39, 0.29) is 5.56 Å². The van der Waals surface area contributed by atoms with Gasteiger partial charge >= 0.3 is 5.97 Å². The zero-order chi connectivity index (χ0) is 16.6. The third-order valence-electron chi connectivity index (χ3n) is 3.87. The van der Waals surface area contributed by atoms with Crippen LogP contribution in [0.3, 0.4) is 0 Å². The number of primary amides is 1. The van der Waals surface area contributed by atoms with Gasteiger partial charge in [0.1, 0.15) is 0 Å². The van der Waals surface area contributed by atoms with Crippen LogP contribution in [0, 0.1) is 6.92 Å². The molecule has 3 rings (SSSR count). The molecule has 0 aliphatic heterocycles. The highest BCUT2D eigenvalue weighted by Crippen LogP contribution is 2.24. The highest BCUT2D eigenvalue weighted by Gasteiger charge is 2.15. The molecule has 0 saturated heterocycles. The lowest BCUT2D eigenvalue weighted by Gasteiger charge is -2.06. The number of rotatable bonds is 4. The summed E-state index contributed by atoms with van der Waals surface area (Å²) in [5.74, 6) is -1.53. The van der Waals surface area contributed by atoms with Crippen LogP contribution in [-0.4, -0.2) is 21.6 Å². The van der Waals surface area contributed by atoms with Crippen LogP contribution in [0.5, 0.6) is 0 Å². The molecule has 0 spiro atoms. The Labute approximate surface area is 133 Å². The van der Waals surface area contributed by atoms with Gasteiger partial charge in [-0.15, -0.1) is 0 Å². The second kappa shape index (κ2) is 5.61. The summed E-state index contributed by atoms with van der Waals surface area (Å²) in [6.07, 6.45) is 1.68. The second-order valence-corrected chi connectivity index (χ2v) is 5.56. The zero-order valence-electron chi connectivity index (χ0n) is 12.6. The first kappa shape index (κ1) is 14.8. The first-order chi connectivity index (χ1) is 11.0. The van der Waals surface area contributed by atoms with E-state index in [1.165, 1.54) is 6.07 Å². The number of hydrogen-bond donors (Lipinski definition) is 2. The van der Waals surface area contributed by atoms with Crippen LogP contribution >= 0.6 is 0 Å². The first-order valence-corrected chi connectivity index (χ1v) is 7.17. The quantitative estimate of drug-likeness (QED) is 0.777. The Morgan fingerprint density at radius 2 is 1.83 bits per heavy atom. The van der Waals surface area contributed by atoms with E-state index in [4.69, 9.17) is 5.73 Å². The normalized spacial score (nSPS) is 10.8. The summed E-state index contributed by atoms with van der Waals surface area (Å²) >= 11 is 0. The molecule has 3 N–H and O–H groups in total. The van der Waals surface area contributed by atoms with Crippen molar-refractivity contribution in [2.75, 3.05) is 0 Å². The van der Waals surface area contributed by atoms with Gasteiger partial charge in [0.2, 0.25) is 0 Å². The number of carboxylic acid groups (broad SMARTS) is 1. The van der Waals surface area contributed by atoms with E-state index >= 15 is 0 Å². The molecule has 0 radical (unpaired) electrons. The lowest BCUT2D eigenvalue weighted by Crippen LogP contribution is -2.10. The molecular weight excluding hydrogens is 292 g/mol. The summed E-state index contributed by atoms with van der Waals surface area (Å²) in [7, 11) is 0. The predicted molar refractivity (Wildman–Crippen MR) is 87.7 cm³/mol. The number of nitrogens with two attached hydrogens (primary N) is 1. The third kappa shape index (κ3) is 2.81. The summed E-state index contributed by atoms with van der Waals surface area (Å²) < 4.78 is 1.85. The standard InChI is InChI=1S/C18H16N2O3/c1-11-2-4-12(5-3-11)9-20-10-15(17(19)21)14-7-6-13(18(22)23)8-16(14)20/h2-8,10H,9H2,1H3,(H2,19,21)(H,22,23). The van der Waals surface area contributed by atoms with Crippen molar-refractivity contribution in [2.45, 2.75) is 13.5 Å². The predicted octanol–water partition coefficient (Wildman–Crippen LogP) is 2.80. The van der Waals surface area contributed by atoms with Crippen LogP contribution in [0.1, 0.15) is 31.8 Å². The maximum Gasteiger partial charge on any atom is 0.335 e. The summed E-state index contributed by atoms with van der Waals surface area (Å²) in [4.78, 5) is 22.8. The van der Waals surface area contributed by atoms with Gasteiger partial charge in [0.15, 0.2) is 0 Å². The maximum absolute atomic E-state index is 11.6. The molecule has 0 bridgehead atoms. The number of amides is 1. The number of nitrogens with zero attached hydrogens (tertiary/aromatic N) is 1. The van der Waals surface area contributed by atoms with Crippen LogP contribution in [0.4, 0.5) is 0 Å². The molecule has 2 aromatic carbocycles. The number of aryl methyl sites for hydroxylation is 1. The highest BCUT2D eigenvalue weighted by atomic mass is 16.4. The molecule has 1 aromatic heterocycles. The van der Waals surface area contributed by atoms with Crippen LogP contribution in [0.25, 0.3) is 10.9 Å². The van der Waals surface area contributed by atoms with Gasteiger partial charge in [0, 0.05) is 23.6 Å². The minimum atomic E-state index is -1.00. The number of benzene rings is 2. The Morgan fingerprint density at radius 1 is 1.13 bits per heavy atom. The number of carbonyl (C=O) groups excluding carboxylic acids is 1. The molecule has 0 aliphatic carbocycles. The third-order valence-corrected chi connectivity index (χ3v) is 3.87. The van der Waals surface area contributed by atoms with E-state index in [1.807, 2.05) is 35.8 Å². The summed E-state index contributed by atoms with van der Waals surface area (Å²) in [6.45, 7) is 2.55. The summed E-state index contributed by atoms with van der Waals surface area (Å²) in [6, 6.07) is 12.7. The SMILES string of the molecule is Cc1ccc(Cn2cc(C(N)=O)c3ccc(C(=O)O)cc32)cc1. The minimum absolute atomic E-state index is 0.178. The van der Waals surface area contributed by atoms with Gasteiger partial charge in [-0.25, -0.2) is 4.79 Å². The van der Waals surface area contributed by atoms with Crippen molar-refractivity contribution in [3.63, 3.8) is 0 Å². The largest absolute Gasteiger partial charge is 0.478 e. The number of aromatic nitrogens is 1. The van der Waals surface area contributed by atoms with E-state index < -0.39 is 11.9 Å². The van der Waals surface area contributed by atoms with Crippen LogP contribution in [0.15, 0.2) is 48.7 Å². The van der Waals surface area contributed by atoms with Crippen LogP contribution < -0.4 is 5.73 Å². The van der Waals surface area contributed by atoms with Crippen molar-refractivity contribution in [3.8, 4) is 0 Å². The smallest absolute Gasteiger partial charge is 0.335 e. The fraction of sp³-hybridized carbons (Fsp3) is 0.111. The van der Waals surface area contributed by atoms with E-state index in [1.54, 1.807) is 18.3 Å². The monoisotopic (exact) mass is 308 g/mol. The number of fused-ring (bicyclic) bond motifs is 1. The molecule has 0 atom stereocenters. The lowest BCUT2D eigenvalue weighted by atomic mass is 10.1. The van der Waals surface area contributed by atoms with E-state index in [0.717, 1.165) is 11.1 Å². The van der Waals surface area contributed by atoms with Gasteiger partial charge in [0.05, 0.1) is 11.1 Å². The maximum atomic E-state index is 11.6. The van der Waals surface area contributed by atoms with Crippen molar-refractivity contribution in [2.24, 2.45) is 5.73 Å². The molecule has 0 saturated carbocycles.